The third-order valence-electron chi connectivity index (χ3n) is 9.28. The van der Waals surface area contributed by atoms with E-state index in [0.29, 0.717) is 23.6 Å². The first-order chi connectivity index (χ1) is 25.7. The fraction of sp³-hybridized carbons (Fsp3) is 0.541. The van der Waals surface area contributed by atoms with E-state index in [1.807, 2.05) is 63.2 Å². The molecule has 8 N–H and O–H groups in total. The Hall–Kier alpha value is -4.65. The normalized spacial score (nSPS) is 17.3. The second kappa shape index (κ2) is 19.6. The number of rotatable bonds is 14. The highest BCUT2D eigenvalue weighted by molar-refractivity contribution is 6.13. The van der Waals surface area contributed by atoms with Crippen LogP contribution in [0.3, 0.4) is 0 Å². The Balaban J connectivity index is 0.000000428. The van der Waals surface area contributed by atoms with Gasteiger partial charge in [-0.2, -0.15) is 10.3 Å². The summed E-state index contributed by atoms with van der Waals surface area (Å²) in [4.78, 5) is 41.9. The molecule has 0 bridgehead atoms. The van der Waals surface area contributed by atoms with Crippen LogP contribution in [0, 0.1) is 11.3 Å². The molecule has 1 aromatic heterocycles. The number of likely N-dealkylation sites (N-methyl/N-ethyl adjacent to an activating group) is 1. The predicted octanol–water partition coefficient (Wildman–Crippen LogP) is 1.21. The van der Waals surface area contributed by atoms with Gasteiger partial charge in [0, 0.05) is 35.5 Å². The van der Waals surface area contributed by atoms with Gasteiger partial charge in [0.2, 0.25) is 5.91 Å². The number of Topliss-reactive ketones (excluding diaryl/α,β-unsaturated/α-hetero) is 1. The molecule has 17 nitrogen and oxygen atoms in total. The van der Waals surface area contributed by atoms with Crippen molar-refractivity contribution in [3.63, 3.8) is 0 Å². The van der Waals surface area contributed by atoms with Gasteiger partial charge in [-0.05, 0) is 43.7 Å². The van der Waals surface area contributed by atoms with Crippen LogP contribution in [-0.4, -0.2) is 132 Å². The number of aliphatic hydroxyl groups excluding tert-OH is 5. The zero-order valence-corrected chi connectivity index (χ0v) is 31.2. The van der Waals surface area contributed by atoms with Crippen LogP contribution < -0.4 is 15.5 Å². The molecule has 0 unspecified atom stereocenters. The summed E-state index contributed by atoms with van der Waals surface area (Å²) < 4.78 is 0. The van der Waals surface area contributed by atoms with Gasteiger partial charge in [-0.25, -0.2) is 9.80 Å². The summed E-state index contributed by atoms with van der Waals surface area (Å²) in [7, 11) is 1.57. The Bertz CT molecular complexity index is 1710. The molecule has 3 amide bonds. The van der Waals surface area contributed by atoms with Crippen molar-refractivity contribution >= 4 is 34.8 Å². The number of aromatic amines is 1. The molecule has 294 valence electrons. The minimum Gasteiger partial charge on any atom is -0.394 e. The Morgan fingerprint density at radius 1 is 0.963 bits per heavy atom. The number of fused-ring (bicyclic) bond motifs is 1. The van der Waals surface area contributed by atoms with Gasteiger partial charge in [0.05, 0.1) is 30.7 Å². The van der Waals surface area contributed by atoms with Crippen LogP contribution in [0.2, 0.25) is 0 Å². The van der Waals surface area contributed by atoms with Crippen LogP contribution in [0.25, 0.3) is 0 Å². The van der Waals surface area contributed by atoms with Gasteiger partial charge in [-0.3, -0.25) is 14.5 Å². The summed E-state index contributed by atoms with van der Waals surface area (Å²) >= 11 is 0. The summed E-state index contributed by atoms with van der Waals surface area (Å²) in [5.74, 6) is 0.237. The molecule has 0 radical (unpaired) electrons. The second-order valence-electron chi connectivity index (χ2n) is 14.5. The van der Waals surface area contributed by atoms with Crippen molar-refractivity contribution in [2.45, 2.75) is 83.7 Å². The standard InChI is InChI=1S/C30H36N8O3.C7H17NO5/c1-30(2,3)25(39)18-37-24-15-8-7-14-23(24)28(21-11-5-4-6-12-21)34-38(29(37)41)19-27(40)31-22-13-9-10-20(16-22)17-26-32-35-36-33-26;1-8-2-4(10)6(12)7(13)5(11)3-9/h7-10,13-16,21H,4-6,11-12,17-19H2,1-3H3,(H,31,40)(H,32,33,35,36);4-13H,2-3H2,1H3/t;4-,5+,6+,7+/m.0/s1. The Labute approximate surface area is 314 Å². The molecule has 1 aliphatic carbocycles. The van der Waals surface area contributed by atoms with E-state index in [4.69, 9.17) is 25.5 Å². The number of carbonyl (C=O) groups is 3. The van der Waals surface area contributed by atoms with Crippen LogP contribution in [0.4, 0.5) is 16.2 Å². The molecule has 1 fully saturated rings. The molecule has 54 heavy (non-hydrogen) atoms. The molecule has 2 aliphatic rings. The maximum atomic E-state index is 14.0. The van der Waals surface area contributed by atoms with Crippen LogP contribution in [0.15, 0.2) is 53.6 Å². The number of aliphatic hydroxyl groups is 5. The van der Waals surface area contributed by atoms with E-state index in [1.54, 1.807) is 13.1 Å². The smallest absolute Gasteiger partial charge is 0.345 e. The fourth-order valence-electron chi connectivity index (χ4n) is 6.14. The number of tetrazole rings is 1. The largest absolute Gasteiger partial charge is 0.394 e. The van der Waals surface area contributed by atoms with Gasteiger partial charge in [-0.15, -0.1) is 10.2 Å². The van der Waals surface area contributed by atoms with E-state index < -0.39 is 48.4 Å². The molecule has 17 heteroatoms. The number of H-pyrrole nitrogens is 1. The monoisotopic (exact) mass is 751 g/mol. The van der Waals surface area contributed by atoms with Crippen LogP contribution in [0.1, 0.15) is 69.8 Å². The number of amides is 3. The maximum absolute atomic E-state index is 14.0. The number of hydrogen-bond donors (Lipinski definition) is 8. The molecular formula is C37H53N9O8. The highest BCUT2D eigenvalue weighted by atomic mass is 16.4. The lowest BCUT2D eigenvalue weighted by atomic mass is 9.83. The number of carbonyl (C=O) groups excluding carboxylic acids is 3. The van der Waals surface area contributed by atoms with E-state index in [9.17, 15) is 19.5 Å². The summed E-state index contributed by atoms with van der Waals surface area (Å²) in [5.41, 5.74) is 3.13. The van der Waals surface area contributed by atoms with Crippen molar-refractivity contribution in [2.75, 3.05) is 43.5 Å². The summed E-state index contributed by atoms with van der Waals surface area (Å²) in [6, 6.07) is 14.5. The molecule has 1 aliphatic heterocycles. The summed E-state index contributed by atoms with van der Waals surface area (Å²) in [6.07, 6.45) is 0.0963. The third kappa shape index (κ3) is 11.4. The lowest BCUT2D eigenvalue weighted by Gasteiger charge is -2.28. The number of anilines is 2. The SMILES string of the molecule is CC(C)(C)C(=O)CN1C(=O)N(CC(=O)Nc2cccc(Cc3nn[nH]n3)c2)N=C(C2CCCCC2)c2ccccc21.CNC[C@H](O)[C@@H](O)[C@H](O)[C@H](O)CO. The molecule has 5 rings (SSSR count). The van der Waals surface area contributed by atoms with E-state index in [-0.39, 0.29) is 31.3 Å². The van der Waals surface area contributed by atoms with Gasteiger partial charge in [0.25, 0.3) is 0 Å². The summed E-state index contributed by atoms with van der Waals surface area (Å²) in [6.45, 7) is 4.55. The molecule has 0 saturated heterocycles. The zero-order valence-electron chi connectivity index (χ0n) is 31.2. The quantitative estimate of drug-likeness (QED) is 0.116. The highest BCUT2D eigenvalue weighted by Crippen LogP contribution is 2.34. The number of benzene rings is 2. The first-order valence-electron chi connectivity index (χ1n) is 18.1. The minimum absolute atomic E-state index is 0.0791. The first kappa shape index (κ1) is 42.1. The van der Waals surface area contributed by atoms with Gasteiger partial charge in [-0.1, -0.05) is 75.6 Å². The molecule has 2 aromatic carbocycles. The van der Waals surface area contributed by atoms with Crippen LogP contribution in [0.5, 0.6) is 0 Å². The number of ketones is 1. The lowest BCUT2D eigenvalue weighted by molar-refractivity contribution is -0.124. The summed E-state index contributed by atoms with van der Waals surface area (Å²) in [5, 5.41) is 70.4. The van der Waals surface area contributed by atoms with Crippen molar-refractivity contribution < 1.29 is 39.9 Å². The van der Waals surface area contributed by atoms with Crippen molar-refractivity contribution in [1.82, 2.24) is 30.9 Å². The number of hydrazone groups is 1. The average Bonchev–Trinajstić information content (AvgIpc) is 3.64. The van der Waals surface area contributed by atoms with Gasteiger partial charge >= 0.3 is 6.03 Å². The Morgan fingerprint density at radius 2 is 1.67 bits per heavy atom. The fourth-order valence-corrected chi connectivity index (χ4v) is 6.14. The number of nitrogens with one attached hydrogen (secondary N) is 3. The molecule has 4 atom stereocenters. The molecule has 2 heterocycles. The van der Waals surface area contributed by atoms with E-state index in [0.717, 1.165) is 42.5 Å². The van der Waals surface area contributed by atoms with E-state index in [2.05, 4.69) is 31.3 Å². The topological polar surface area (TPSA) is 250 Å². The van der Waals surface area contributed by atoms with Crippen LogP contribution in [-0.2, 0) is 16.0 Å². The maximum Gasteiger partial charge on any atom is 0.345 e. The van der Waals surface area contributed by atoms with E-state index >= 15 is 0 Å². The number of urea groups is 1. The number of nitrogens with zero attached hydrogens (tertiary/aromatic N) is 6. The number of para-hydroxylation sites is 1. The Morgan fingerprint density at radius 3 is 2.31 bits per heavy atom. The minimum atomic E-state index is -1.55. The van der Waals surface area contributed by atoms with Crippen molar-refractivity contribution in [3.8, 4) is 0 Å². The zero-order chi connectivity index (χ0) is 39.4. The molecule has 1 saturated carbocycles. The predicted molar refractivity (Wildman–Crippen MR) is 201 cm³/mol. The number of hydrogen-bond acceptors (Lipinski definition) is 13. The molecular weight excluding hydrogens is 698 g/mol. The second-order valence-corrected chi connectivity index (χ2v) is 14.5. The van der Waals surface area contributed by atoms with Crippen LogP contribution >= 0.6 is 0 Å². The third-order valence-corrected chi connectivity index (χ3v) is 9.28. The molecule has 3 aromatic rings. The number of aromatic nitrogens is 4. The van der Waals surface area contributed by atoms with Crippen molar-refractivity contribution in [3.05, 3.63) is 65.5 Å². The highest BCUT2D eigenvalue weighted by Gasteiger charge is 2.36. The lowest BCUT2D eigenvalue weighted by Crippen LogP contribution is -2.48. The van der Waals surface area contributed by atoms with E-state index in [1.165, 1.54) is 16.3 Å². The van der Waals surface area contributed by atoms with Gasteiger partial charge in [0.1, 0.15) is 24.9 Å². The van der Waals surface area contributed by atoms with Crippen molar-refractivity contribution in [2.24, 2.45) is 16.4 Å². The first-order valence-corrected chi connectivity index (χ1v) is 18.1. The average molecular weight is 752 g/mol. The molecule has 0 spiro atoms. The Kier molecular flexibility index (Phi) is 15.3. The van der Waals surface area contributed by atoms with Gasteiger partial charge in [0.15, 0.2) is 11.6 Å². The van der Waals surface area contributed by atoms with Crippen molar-refractivity contribution in [1.29, 1.82) is 0 Å². The van der Waals surface area contributed by atoms with Gasteiger partial charge < -0.3 is 36.2 Å².